The fourth-order valence-corrected chi connectivity index (χ4v) is 4.93. The third kappa shape index (κ3) is 11.6. The number of benzene rings is 2. The summed E-state index contributed by atoms with van der Waals surface area (Å²) < 4.78 is 0. The van der Waals surface area contributed by atoms with Crippen molar-refractivity contribution in [1.82, 2.24) is 21.3 Å². The minimum atomic E-state index is -1.09. The maximum absolute atomic E-state index is 13.9. The number of primary amides is 1. The van der Waals surface area contributed by atoms with Crippen LogP contribution in [0.4, 0.5) is 0 Å². The molecule has 0 aliphatic heterocycles. The lowest BCUT2D eigenvalue weighted by molar-refractivity contribution is -0.135. The van der Waals surface area contributed by atoms with Crippen molar-refractivity contribution in [3.05, 3.63) is 71.8 Å². The van der Waals surface area contributed by atoms with Gasteiger partial charge in [-0.3, -0.25) is 24.0 Å². The zero-order chi connectivity index (χ0) is 34.4. The van der Waals surface area contributed by atoms with E-state index in [-0.39, 0.29) is 30.6 Å². The van der Waals surface area contributed by atoms with Crippen LogP contribution in [0.15, 0.2) is 60.7 Å². The Morgan fingerprint density at radius 2 is 1.00 bits per heavy atom. The van der Waals surface area contributed by atoms with Crippen LogP contribution in [0.5, 0.6) is 0 Å². The molecule has 0 radical (unpaired) electrons. The summed E-state index contributed by atoms with van der Waals surface area (Å²) in [5.74, 6) is -3.46. The first kappa shape index (κ1) is 37.9. The van der Waals surface area contributed by atoms with Crippen LogP contribution >= 0.6 is 0 Å². The second kappa shape index (κ2) is 18.7. The van der Waals surface area contributed by atoms with Gasteiger partial charge < -0.3 is 32.7 Å². The number of hydrogen-bond donors (Lipinski definition) is 6. The molecular weight excluding hydrogens is 584 g/mol. The average Bonchev–Trinajstić information content (AvgIpc) is 3.04. The van der Waals surface area contributed by atoms with Gasteiger partial charge in [-0.2, -0.15) is 0 Å². The molecule has 0 bridgehead atoms. The second-order valence-electron chi connectivity index (χ2n) is 12.4. The molecule has 7 atom stereocenters. The van der Waals surface area contributed by atoms with Crippen molar-refractivity contribution < 1.29 is 24.0 Å². The fraction of sp³-hybridized carbons (Fsp3) is 0.514. The molecule has 0 spiro atoms. The summed E-state index contributed by atoms with van der Waals surface area (Å²) in [6.45, 7) is 11.1. The molecule has 5 amide bonds. The highest BCUT2D eigenvalue weighted by atomic mass is 16.2. The second-order valence-corrected chi connectivity index (χ2v) is 12.4. The van der Waals surface area contributed by atoms with Gasteiger partial charge in [0, 0.05) is 12.8 Å². The SMILES string of the molecule is CC[C@H](C)[C@@H](N)C(=O)N[C@@H](C(=O)N[C@H](Cc1ccccc1)C(=O)N[C@H](Cc1ccccc1)C(=O)N[C@@H](C(N)=O)[C@@H](C)CC)C(C)C. The molecular formula is C35H52N6O5. The van der Waals surface area contributed by atoms with E-state index >= 15 is 0 Å². The van der Waals surface area contributed by atoms with Gasteiger partial charge >= 0.3 is 0 Å². The van der Waals surface area contributed by atoms with Gasteiger partial charge in [-0.05, 0) is 28.9 Å². The third-order valence-electron chi connectivity index (χ3n) is 8.46. The third-order valence-corrected chi connectivity index (χ3v) is 8.46. The Balaban J connectivity index is 2.38. The van der Waals surface area contributed by atoms with Crippen LogP contribution in [-0.2, 0) is 36.8 Å². The van der Waals surface area contributed by atoms with Gasteiger partial charge in [-0.1, -0.05) is 115 Å². The Bertz CT molecular complexity index is 1290. The lowest BCUT2D eigenvalue weighted by atomic mass is 9.96. The topological polar surface area (TPSA) is 186 Å². The molecule has 0 aromatic heterocycles. The summed E-state index contributed by atoms with van der Waals surface area (Å²) in [6, 6.07) is 13.5. The first-order valence-corrected chi connectivity index (χ1v) is 16.1. The van der Waals surface area contributed by atoms with Gasteiger partial charge in [-0.25, -0.2) is 0 Å². The van der Waals surface area contributed by atoms with Crippen LogP contribution in [0.3, 0.4) is 0 Å². The van der Waals surface area contributed by atoms with Crippen LogP contribution in [-0.4, -0.2) is 59.7 Å². The summed E-state index contributed by atoms with van der Waals surface area (Å²) >= 11 is 0. The molecule has 46 heavy (non-hydrogen) atoms. The lowest BCUT2D eigenvalue weighted by Gasteiger charge is -2.29. The minimum Gasteiger partial charge on any atom is -0.368 e. The number of rotatable bonds is 18. The highest BCUT2D eigenvalue weighted by molar-refractivity contribution is 5.96. The Labute approximate surface area is 273 Å². The smallest absolute Gasteiger partial charge is 0.243 e. The van der Waals surface area contributed by atoms with Gasteiger partial charge in [0.05, 0.1) is 6.04 Å². The number of amides is 5. The summed E-state index contributed by atoms with van der Waals surface area (Å²) in [5.41, 5.74) is 13.3. The first-order valence-electron chi connectivity index (χ1n) is 16.1. The van der Waals surface area contributed by atoms with Crippen molar-refractivity contribution in [3.63, 3.8) is 0 Å². The standard InChI is InChI=1S/C35H52N6O5/c1-7-22(5)28(36)34(45)40-29(21(3)4)35(46)39-26(19-24-15-11-9-12-16-24)32(43)38-27(20-25-17-13-10-14-18-25)33(44)41-30(31(37)42)23(6)8-2/h9-18,21-23,26-30H,7-8,19-20,36H2,1-6H3,(H2,37,42)(H,38,43)(H,39,46)(H,40,45)(H,41,44)/t22-,23-,26+,27+,28+,29+,30+/m0/s1. The van der Waals surface area contributed by atoms with Crippen molar-refractivity contribution in [2.45, 2.75) is 97.4 Å². The number of hydrogen-bond acceptors (Lipinski definition) is 6. The van der Waals surface area contributed by atoms with E-state index in [4.69, 9.17) is 11.5 Å². The summed E-state index contributed by atoms with van der Waals surface area (Å²) in [4.78, 5) is 66.3. The monoisotopic (exact) mass is 636 g/mol. The van der Waals surface area contributed by atoms with E-state index in [0.29, 0.717) is 12.8 Å². The molecule has 0 fully saturated rings. The van der Waals surface area contributed by atoms with Gasteiger partial charge in [0.2, 0.25) is 29.5 Å². The predicted molar refractivity (Wildman–Crippen MR) is 179 cm³/mol. The average molecular weight is 637 g/mol. The largest absolute Gasteiger partial charge is 0.368 e. The molecule has 0 unspecified atom stereocenters. The van der Waals surface area contributed by atoms with Gasteiger partial charge in [-0.15, -0.1) is 0 Å². The molecule has 0 heterocycles. The van der Waals surface area contributed by atoms with Crippen LogP contribution in [0.1, 0.15) is 65.5 Å². The Hall–Kier alpha value is -4.25. The normalized spacial score (nSPS) is 15.7. The van der Waals surface area contributed by atoms with E-state index in [0.717, 1.165) is 11.1 Å². The fourth-order valence-electron chi connectivity index (χ4n) is 4.93. The van der Waals surface area contributed by atoms with E-state index in [9.17, 15) is 24.0 Å². The molecule has 2 aromatic carbocycles. The molecule has 8 N–H and O–H groups in total. The molecule has 2 rings (SSSR count). The highest BCUT2D eigenvalue weighted by Crippen LogP contribution is 2.12. The van der Waals surface area contributed by atoms with Crippen molar-refractivity contribution in [2.24, 2.45) is 29.2 Å². The molecule has 0 saturated heterocycles. The van der Waals surface area contributed by atoms with Crippen molar-refractivity contribution in [3.8, 4) is 0 Å². The molecule has 2 aromatic rings. The van der Waals surface area contributed by atoms with Crippen molar-refractivity contribution >= 4 is 29.5 Å². The Morgan fingerprint density at radius 1 is 0.587 bits per heavy atom. The Kier molecular flexibility index (Phi) is 15.4. The number of nitrogens with two attached hydrogens (primary N) is 2. The van der Waals surface area contributed by atoms with E-state index in [1.807, 2.05) is 88.4 Å². The summed E-state index contributed by atoms with van der Waals surface area (Å²) in [7, 11) is 0. The van der Waals surface area contributed by atoms with Crippen molar-refractivity contribution in [2.75, 3.05) is 0 Å². The molecule has 0 saturated carbocycles. The van der Waals surface area contributed by atoms with Crippen LogP contribution in [0, 0.1) is 17.8 Å². The van der Waals surface area contributed by atoms with E-state index in [1.165, 1.54) is 0 Å². The number of carbonyl (C=O) groups excluding carboxylic acids is 5. The van der Waals surface area contributed by atoms with Crippen LogP contribution in [0.2, 0.25) is 0 Å². The quantitative estimate of drug-likeness (QED) is 0.145. The number of nitrogens with one attached hydrogen (secondary N) is 4. The van der Waals surface area contributed by atoms with Crippen LogP contribution in [0.25, 0.3) is 0 Å². The maximum atomic E-state index is 13.9. The Morgan fingerprint density at radius 3 is 1.41 bits per heavy atom. The zero-order valence-corrected chi connectivity index (χ0v) is 27.9. The van der Waals surface area contributed by atoms with E-state index in [2.05, 4.69) is 21.3 Å². The highest BCUT2D eigenvalue weighted by Gasteiger charge is 2.34. The maximum Gasteiger partial charge on any atom is 0.243 e. The summed E-state index contributed by atoms with van der Waals surface area (Å²) in [6.07, 6.45) is 1.56. The molecule has 252 valence electrons. The molecule has 0 aliphatic rings. The van der Waals surface area contributed by atoms with Crippen LogP contribution < -0.4 is 32.7 Å². The van der Waals surface area contributed by atoms with Gasteiger partial charge in [0.25, 0.3) is 0 Å². The lowest BCUT2D eigenvalue weighted by Crippen LogP contribution is -2.60. The predicted octanol–water partition coefficient (Wildman–Crippen LogP) is 1.97. The number of carbonyl (C=O) groups is 5. The molecule has 0 aliphatic carbocycles. The van der Waals surface area contributed by atoms with Gasteiger partial charge in [0.1, 0.15) is 24.2 Å². The van der Waals surface area contributed by atoms with E-state index in [1.54, 1.807) is 13.8 Å². The molecule has 11 nitrogen and oxygen atoms in total. The van der Waals surface area contributed by atoms with Crippen molar-refractivity contribution in [1.29, 1.82) is 0 Å². The molecule has 11 heteroatoms. The minimum absolute atomic E-state index is 0.0883. The van der Waals surface area contributed by atoms with Gasteiger partial charge in [0.15, 0.2) is 0 Å². The first-order chi connectivity index (χ1) is 21.8. The van der Waals surface area contributed by atoms with E-state index < -0.39 is 59.7 Å². The zero-order valence-electron chi connectivity index (χ0n) is 27.9. The summed E-state index contributed by atoms with van der Waals surface area (Å²) in [5, 5.41) is 11.1.